The maximum absolute atomic E-state index is 12.2. The van der Waals surface area contributed by atoms with Gasteiger partial charge in [0.15, 0.2) is 0 Å². The lowest BCUT2D eigenvalue weighted by atomic mass is 10.1. The lowest BCUT2D eigenvalue weighted by molar-refractivity contribution is -0.0912. The molecule has 0 aromatic carbocycles. The van der Waals surface area contributed by atoms with E-state index in [1.807, 2.05) is 13.2 Å². The van der Waals surface area contributed by atoms with E-state index in [0.717, 1.165) is 18.6 Å². The quantitative estimate of drug-likeness (QED) is 0.653. The van der Waals surface area contributed by atoms with Gasteiger partial charge in [0.25, 0.3) is 0 Å². The molecule has 0 aliphatic heterocycles. The van der Waals surface area contributed by atoms with Crippen molar-refractivity contribution in [3.8, 4) is 0 Å². The molecule has 0 amide bonds. The van der Waals surface area contributed by atoms with Gasteiger partial charge in [-0.3, -0.25) is 0 Å². The van der Waals surface area contributed by atoms with Crippen molar-refractivity contribution in [3.05, 3.63) is 36.0 Å². The Morgan fingerprint density at radius 3 is 2.20 bits per heavy atom. The molecule has 15 heavy (non-hydrogen) atoms. The summed E-state index contributed by atoms with van der Waals surface area (Å²) in [6.07, 6.45) is 1.80. The van der Waals surface area contributed by atoms with Gasteiger partial charge in [-0.25, -0.2) is 0 Å². The van der Waals surface area contributed by atoms with Crippen molar-refractivity contribution in [1.29, 1.82) is 0 Å². The van der Waals surface area contributed by atoms with Gasteiger partial charge in [0, 0.05) is 10.8 Å². The Balaban J connectivity index is 4.81. The summed E-state index contributed by atoms with van der Waals surface area (Å²) in [6.45, 7) is 6.56. The van der Waals surface area contributed by atoms with Crippen molar-refractivity contribution in [3.63, 3.8) is 0 Å². The van der Waals surface area contributed by atoms with Crippen molar-refractivity contribution in [2.75, 3.05) is 6.26 Å². The van der Waals surface area contributed by atoms with E-state index in [1.54, 1.807) is 17.8 Å². The van der Waals surface area contributed by atoms with Crippen LogP contribution in [0, 0.1) is 0 Å². The van der Waals surface area contributed by atoms with Gasteiger partial charge in [-0.1, -0.05) is 24.8 Å². The van der Waals surface area contributed by atoms with Gasteiger partial charge in [0.2, 0.25) is 0 Å². The Kier molecular flexibility index (Phi) is 5.80. The lowest BCUT2D eigenvalue weighted by Gasteiger charge is -2.09. The van der Waals surface area contributed by atoms with Crippen LogP contribution >= 0.6 is 11.8 Å². The van der Waals surface area contributed by atoms with Crippen LogP contribution in [0.1, 0.15) is 13.8 Å². The Labute approximate surface area is 92.9 Å². The van der Waals surface area contributed by atoms with E-state index in [1.165, 1.54) is 6.08 Å². The van der Waals surface area contributed by atoms with Crippen molar-refractivity contribution in [2.45, 2.75) is 25.3 Å². The molecule has 0 rings (SSSR count). The van der Waals surface area contributed by atoms with Gasteiger partial charge in [-0.15, -0.1) is 0 Å². The first kappa shape index (κ1) is 14.4. The molecule has 0 aliphatic rings. The van der Waals surface area contributed by atoms with Crippen molar-refractivity contribution in [1.82, 2.24) is 0 Å². The van der Waals surface area contributed by atoms with E-state index in [0.29, 0.717) is 0 Å². The molecule has 0 aromatic rings. The molecule has 0 saturated carbocycles. The molecule has 0 saturated heterocycles. The average molecular weight is 236 g/mol. The first-order valence-electron chi connectivity index (χ1n) is 4.43. The first-order valence-corrected chi connectivity index (χ1v) is 5.72. The molecule has 0 spiro atoms. The standard InChI is InChI=1S/C11H15F3S/c1-5-10(9(3)15-4)7-6-8(2)11(12,13)14/h5-7,9H,1H2,2-4H3/b8-6+,10-7+. The van der Waals surface area contributed by atoms with Crippen LogP contribution in [0.2, 0.25) is 0 Å². The number of hydrogen-bond donors (Lipinski definition) is 0. The fourth-order valence-corrected chi connectivity index (χ4v) is 1.27. The number of hydrogen-bond acceptors (Lipinski definition) is 1. The van der Waals surface area contributed by atoms with E-state index in [2.05, 4.69) is 6.58 Å². The Morgan fingerprint density at radius 1 is 1.33 bits per heavy atom. The molecule has 0 heterocycles. The Morgan fingerprint density at radius 2 is 1.87 bits per heavy atom. The van der Waals surface area contributed by atoms with E-state index >= 15 is 0 Å². The second-order valence-corrected chi connectivity index (χ2v) is 4.27. The third-order valence-electron chi connectivity index (χ3n) is 2.03. The molecule has 0 fully saturated rings. The van der Waals surface area contributed by atoms with Crippen molar-refractivity contribution < 1.29 is 13.2 Å². The van der Waals surface area contributed by atoms with Gasteiger partial charge in [0.1, 0.15) is 0 Å². The number of rotatable bonds is 4. The SMILES string of the molecule is C=C/C(=C\C=C(/C)C(F)(F)F)C(C)SC. The lowest BCUT2D eigenvalue weighted by Crippen LogP contribution is -2.08. The summed E-state index contributed by atoms with van der Waals surface area (Å²) >= 11 is 1.57. The summed E-state index contributed by atoms with van der Waals surface area (Å²) in [5.41, 5.74) is 0.196. The number of thioether (sulfide) groups is 1. The van der Waals surface area contributed by atoms with Crippen LogP contribution in [-0.4, -0.2) is 17.7 Å². The zero-order valence-electron chi connectivity index (χ0n) is 9.06. The highest BCUT2D eigenvalue weighted by molar-refractivity contribution is 7.99. The van der Waals surface area contributed by atoms with Crippen LogP contribution in [0.5, 0.6) is 0 Å². The van der Waals surface area contributed by atoms with Gasteiger partial charge < -0.3 is 0 Å². The molecule has 0 aromatic heterocycles. The summed E-state index contributed by atoms with van der Waals surface area (Å²) in [5, 5.41) is 0.153. The first-order chi connectivity index (χ1) is 6.82. The van der Waals surface area contributed by atoms with Gasteiger partial charge >= 0.3 is 6.18 Å². The van der Waals surface area contributed by atoms with Gasteiger partial charge in [0.05, 0.1) is 0 Å². The minimum atomic E-state index is -4.24. The minimum absolute atomic E-state index is 0.153. The number of allylic oxidation sites excluding steroid dienone is 4. The number of halogens is 3. The summed E-state index contributed by atoms with van der Waals surface area (Å²) in [4.78, 5) is 0. The Bertz CT molecular complexity index is 274. The minimum Gasteiger partial charge on any atom is -0.166 e. The smallest absolute Gasteiger partial charge is 0.166 e. The third-order valence-corrected chi connectivity index (χ3v) is 3.01. The van der Waals surface area contributed by atoms with Crippen LogP contribution in [0.4, 0.5) is 13.2 Å². The number of alkyl halides is 3. The summed E-state index contributed by atoms with van der Waals surface area (Å²) in [6, 6.07) is 0. The molecule has 1 atom stereocenters. The monoisotopic (exact) mass is 236 g/mol. The van der Waals surface area contributed by atoms with E-state index < -0.39 is 11.7 Å². The van der Waals surface area contributed by atoms with E-state index in [-0.39, 0.29) is 5.25 Å². The molecular weight excluding hydrogens is 221 g/mol. The molecular formula is C11H15F3S. The molecule has 86 valence electrons. The van der Waals surface area contributed by atoms with Crippen molar-refractivity contribution >= 4 is 11.8 Å². The van der Waals surface area contributed by atoms with Gasteiger partial charge in [-0.05, 0) is 25.7 Å². The topological polar surface area (TPSA) is 0 Å². The molecule has 0 nitrogen and oxygen atoms in total. The predicted octanol–water partition coefficient (Wildman–Crippen LogP) is 4.36. The average Bonchev–Trinajstić information content (AvgIpc) is 2.16. The normalized spacial score (nSPS) is 16.4. The second kappa shape index (κ2) is 6.05. The van der Waals surface area contributed by atoms with Crippen LogP contribution in [0.15, 0.2) is 36.0 Å². The molecule has 0 radical (unpaired) electrons. The Hall–Kier alpha value is -0.640. The molecule has 0 bridgehead atoms. The van der Waals surface area contributed by atoms with Crippen LogP contribution < -0.4 is 0 Å². The highest BCUT2D eigenvalue weighted by Gasteiger charge is 2.29. The zero-order chi connectivity index (χ0) is 12.1. The van der Waals surface area contributed by atoms with Gasteiger partial charge in [-0.2, -0.15) is 24.9 Å². The predicted molar refractivity (Wildman–Crippen MR) is 61.1 cm³/mol. The third kappa shape index (κ3) is 5.11. The fraction of sp³-hybridized carbons (Fsp3) is 0.455. The largest absolute Gasteiger partial charge is 0.412 e. The molecule has 1 unspecified atom stereocenters. The molecule has 4 heteroatoms. The van der Waals surface area contributed by atoms with E-state index in [4.69, 9.17) is 0 Å². The second-order valence-electron chi connectivity index (χ2n) is 3.10. The maximum Gasteiger partial charge on any atom is 0.412 e. The molecule has 0 N–H and O–H groups in total. The fourth-order valence-electron chi connectivity index (χ4n) is 0.821. The van der Waals surface area contributed by atoms with Crippen LogP contribution in [-0.2, 0) is 0 Å². The van der Waals surface area contributed by atoms with Crippen LogP contribution in [0.3, 0.4) is 0 Å². The molecule has 0 aliphatic carbocycles. The highest BCUT2D eigenvalue weighted by Crippen LogP contribution is 2.25. The highest BCUT2D eigenvalue weighted by atomic mass is 32.2. The van der Waals surface area contributed by atoms with Crippen LogP contribution in [0.25, 0.3) is 0 Å². The summed E-state index contributed by atoms with van der Waals surface area (Å²) < 4.78 is 36.5. The summed E-state index contributed by atoms with van der Waals surface area (Å²) in [5.74, 6) is 0. The maximum atomic E-state index is 12.2. The summed E-state index contributed by atoms with van der Waals surface area (Å²) in [7, 11) is 0. The van der Waals surface area contributed by atoms with E-state index in [9.17, 15) is 13.2 Å². The zero-order valence-corrected chi connectivity index (χ0v) is 9.88. The van der Waals surface area contributed by atoms with Crippen molar-refractivity contribution in [2.24, 2.45) is 0 Å².